The van der Waals surface area contributed by atoms with E-state index < -0.39 is 29.4 Å². The number of amides is 5. The van der Waals surface area contributed by atoms with Crippen molar-refractivity contribution >= 4 is 47.0 Å². The number of rotatable bonds is 25. The van der Waals surface area contributed by atoms with E-state index in [0.717, 1.165) is 42.4 Å². The molecule has 2 bridgehead atoms. The first-order chi connectivity index (χ1) is 42.4. The number of hydrogen-bond acceptors (Lipinski definition) is 16. The summed E-state index contributed by atoms with van der Waals surface area (Å²) in [6.07, 6.45) is 6.01. The fraction of sp³-hybridized carbons (Fsp3) is 0.516. The molecule has 1 fully saturated rings. The van der Waals surface area contributed by atoms with Crippen molar-refractivity contribution in [1.82, 2.24) is 50.8 Å². The summed E-state index contributed by atoms with van der Waals surface area (Å²) in [4.78, 5) is 87.4. The van der Waals surface area contributed by atoms with E-state index in [4.69, 9.17) is 46.1 Å². The zero-order valence-corrected chi connectivity index (χ0v) is 51.2. The molecule has 5 amide bonds. The minimum atomic E-state index is -0.896. The molecule has 88 heavy (non-hydrogen) atoms. The first kappa shape index (κ1) is 64.4. The van der Waals surface area contributed by atoms with Crippen LogP contribution in [0.1, 0.15) is 116 Å². The average molecular weight is 1210 g/mol. The van der Waals surface area contributed by atoms with E-state index in [0.29, 0.717) is 98.7 Å². The second-order valence-electron chi connectivity index (χ2n) is 23.7. The minimum absolute atomic E-state index is 0.0161. The van der Waals surface area contributed by atoms with E-state index in [-0.39, 0.29) is 106 Å². The van der Waals surface area contributed by atoms with E-state index in [1.165, 1.54) is 39.5 Å². The topological polar surface area (TPSA) is 263 Å². The number of benzene rings is 3. The summed E-state index contributed by atoms with van der Waals surface area (Å²) >= 11 is 0. The number of aryl methyl sites for hydroxylation is 1. The quantitative estimate of drug-likeness (QED) is 0.0343. The van der Waals surface area contributed by atoms with Crippen molar-refractivity contribution in [3.63, 3.8) is 0 Å². The summed E-state index contributed by atoms with van der Waals surface area (Å²) in [6, 6.07) is 15.3. The Morgan fingerprint density at radius 3 is 2.33 bits per heavy atom. The van der Waals surface area contributed by atoms with Gasteiger partial charge in [0, 0.05) is 38.5 Å². The molecule has 470 valence electrons. The maximum absolute atomic E-state index is 14.7. The van der Waals surface area contributed by atoms with E-state index in [2.05, 4.69) is 43.2 Å². The third kappa shape index (κ3) is 15.6. The van der Waals surface area contributed by atoms with Crippen molar-refractivity contribution in [2.24, 2.45) is 5.41 Å². The van der Waals surface area contributed by atoms with Gasteiger partial charge in [0.2, 0.25) is 23.6 Å². The monoisotopic (exact) mass is 1210 g/mol. The molecule has 9 rings (SSSR count). The lowest BCUT2D eigenvalue weighted by Gasteiger charge is -2.41. The van der Waals surface area contributed by atoms with E-state index >= 15 is 0 Å². The zero-order valence-electron chi connectivity index (χ0n) is 51.2. The highest BCUT2D eigenvalue weighted by Gasteiger charge is 2.43. The number of anilines is 2. The Morgan fingerprint density at radius 1 is 0.875 bits per heavy atom. The molecule has 0 saturated carbocycles. The summed E-state index contributed by atoms with van der Waals surface area (Å²) in [5.41, 5.74) is 11.9. The molecule has 0 radical (unpaired) electrons. The average Bonchev–Trinajstić information content (AvgIpc) is 1.57. The van der Waals surface area contributed by atoms with Gasteiger partial charge in [0.25, 0.3) is 11.7 Å². The molecule has 5 aromatic rings. The summed E-state index contributed by atoms with van der Waals surface area (Å²) < 4.78 is 45.0. The van der Waals surface area contributed by atoms with Crippen LogP contribution in [0, 0.1) is 17.8 Å². The van der Waals surface area contributed by atoms with Gasteiger partial charge < -0.3 is 70.2 Å². The Labute approximate surface area is 513 Å². The van der Waals surface area contributed by atoms with Gasteiger partial charge in [-0.25, -0.2) is 14.4 Å². The van der Waals surface area contributed by atoms with Gasteiger partial charge in [-0.1, -0.05) is 57.7 Å². The first-order valence-electron chi connectivity index (χ1n) is 30.3. The Morgan fingerprint density at radius 2 is 1.60 bits per heavy atom. The third-order valence-corrected chi connectivity index (χ3v) is 16.5. The lowest BCUT2D eigenvalue weighted by atomic mass is 9.83. The fourth-order valence-electron chi connectivity index (χ4n) is 11.7. The Bertz CT molecular complexity index is 3350. The molecule has 1 aliphatic carbocycles. The van der Waals surface area contributed by atoms with Crippen LogP contribution in [0.15, 0.2) is 66.9 Å². The molecule has 3 aromatic carbocycles. The van der Waals surface area contributed by atoms with Crippen LogP contribution in [-0.4, -0.2) is 164 Å². The number of hydrogen-bond donors (Lipinski definition) is 5. The molecular formula is C64H82FN13O10. The number of aromatic nitrogens is 4. The SMILES string of the molecule is [C-]#[N+]c1c2c(nn1CCNC(=O)CCOCCOCCOCCOCCOc1ccc3c(c1)CN(C(=O)[C@@H](NC(=O)[C@H](C)NC)C(C)(C)C)[C@H](C(=O)N[C@@H]1CCCc4ccccc41)C3)CN(C)C(=O)c1ccc(F)cc1[C@H]1CCCN1c1nc-2cnc1N. The predicted octanol–water partition coefficient (Wildman–Crippen LogP) is 5.78. The van der Waals surface area contributed by atoms with Gasteiger partial charge in [-0.05, 0) is 110 Å². The number of carbonyl (C=O) groups is 5. The summed E-state index contributed by atoms with van der Waals surface area (Å²) in [5.74, 6) is -0.566. The molecular weight excluding hydrogens is 1130 g/mol. The first-order valence-corrected chi connectivity index (χ1v) is 30.3. The van der Waals surface area contributed by atoms with Gasteiger partial charge in [-0.2, -0.15) is 4.68 Å². The largest absolute Gasteiger partial charge is 0.491 e. The third-order valence-electron chi connectivity index (χ3n) is 16.5. The summed E-state index contributed by atoms with van der Waals surface area (Å²) in [5, 5.41) is 16.8. The van der Waals surface area contributed by atoms with Crippen LogP contribution in [0.25, 0.3) is 16.1 Å². The lowest BCUT2D eigenvalue weighted by Crippen LogP contribution is -2.62. The number of nitrogens with two attached hydrogens (primary N) is 1. The number of nitrogens with zero attached hydrogens (tertiary/aromatic N) is 8. The maximum atomic E-state index is 14.7. The Balaban J connectivity index is 0.666. The number of ether oxygens (including phenoxy) is 5. The highest BCUT2D eigenvalue weighted by Crippen LogP contribution is 2.42. The zero-order chi connectivity index (χ0) is 62.5. The van der Waals surface area contributed by atoms with Crippen LogP contribution in [0.3, 0.4) is 0 Å². The van der Waals surface area contributed by atoms with Crippen molar-refractivity contribution in [3.05, 3.63) is 123 Å². The highest BCUT2D eigenvalue weighted by atomic mass is 19.1. The summed E-state index contributed by atoms with van der Waals surface area (Å²) in [7, 11) is 3.32. The van der Waals surface area contributed by atoms with Crippen LogP contribution in [0.5, 0.6) is 5.75 Å². The van der Waals surface area contributed by atoms with Gasteiger partial charge >= 0.3 is 0 Å². The molecule has 2 aromatic heterocycles. The molecule has 23 nitrogen and oxygen atoms in total. The van der Waals surface area contributed by atoms with Crippen molar-refractivity contribution in [2.75, 3.05) is 97.3 Å². The van der Waals surface area contributed by atoms with Crippen LogP contribution in [-0.2, 0) is 70.6 Å². The van der Waals surface area contributed by atoms with Crippen LogP contribution in [0.2, 0.25) is 0 Å². The van der Waals surface area contributed by atoms with Crippen LogP contribution < -0.4 is 36.6 Å². The van der Waals surface area contributed by atoms with Gasteiger partial charge in [0.1, 0.15) is 42.5 Å². The molecule has 0 unspecified atom stereocenters. The van der Waals surface area contributed by atoms with Gasteiger partial charge in [0.05, 0.1) is 102 Å². The fourth-order valence-corrected chi connectivity index (χ4v) is 11.7. The lowest BCUT2D eigenvalue weighted by molar-refractivity contribution is -0.147. The predicted molar refractivity (Wildman–Crippen MR) is 326 cm³/mol. The molecule has 4 aliphatic rings. The highest BCUT2D eigenvalue weighted by molar-refractivity contribution is 5.96. The minimum Gasteiger partial charge on any atom is -0.491 e. The number of nitrogen functional groups attached to an aromatic ring is 1. The Hall–Kier alpha value is -8.08. The van der Waals surface area contributed by atoms with E-state index in [1.807, 2.05) is 56.0 Å². The maximum Gasteiger partial charge on any atom is 0.262 e. The summed E-state index contributed by atoms with van der Waals surface area (Å²) in [6.45, 7) is 19.4. The molecule has 3 aliphatic heterocycles. The normalized spacial score (nSPS) is 17.8. The number of fused-ring (bicyclic) bond motifs is 10. The van der Waals surface area contributed by atoms with Crippen molar-refractivity contribution in [2.45, 2.75) is 122 Å². The van der Waals surface area contributed by atoms with Gasteiger partial charge in [-0.15, -0.1) is 5.10 Å². The van der Waals surface area contributed by atoms with Gasteiger partial charge in [-0.3, -0.25) is 24.0 Å². The Kier molecular flexibility index (Phi) is 21.8. The van der Waals surface area contributed by atoms with E-state index in [9.17, 15) is 28.4 Å². The smallest absolute Gasteiger partial charge is 0.262 e. The van der Waals surface area contributed by atoms with Crippen LogP contribution >= 0.6 is 0 Å². The number of carbonyl (C=O) groups excluding carboxylic acids is 5. The van der Waals surface area contributed by atoms with E-state index in [1.54, 1.807) is 25.9 Å². The second kappa shape index (κ2) is 29.7. The molecule has 24 heteroatoms. The molecule has 0 spiro atoms. The van der Waals surface area contributed by atoms with Crippen molar-refractivity contribution in [3.8, 4) is 17.0 Å². The second-order valence-corrected chi connectivity index (χ2v) is 23.7. The number of likely N-dealkylation sites (N-methyl/N-ethyl adjacent to an activating group) is 1. The standard InChI is InChI=1S/C64H82FN13O10/c1-40(67-5)60(80)73-56(64(2,3)4)63(83)77-38-43-34-45(19-17-42(43)35-53(77)61(81)72-49-15-10-13-41-12-8-9-14-46(41)49)88-33-32-87-31-30-86-29-28-85-27-26-84-25-21-54(79)69-22-24-78-58(68-6)55-50-37-70-57(66)59(71-50)76-23-11-16-52(76)48-36-44(65)18-20-47(48)62(82)75(7)39-51(55)74-78/h8-9,12,14,17-20,34,36-37,40,49,52-53,56,67H,10-11,13,15-16,21-33,35,38-39H2,1-5,7H3,(H2,66,70)(H,69,79)(H,72,81)(H,73,80)/t40-,49+,52+,53-,56+/m0/s1. The number of halogens is 1. The number of nitrogens with one attached hydrogen (secondary N) is 4. The molecule has 5 heterocycles. The van der Waals surface area contributed by atoms with Crippen LogP contribution in [0.4, 0.5) is 21.8 Å². The van der Waals surface area contributed by atoms with Gasteiger partial charge in [0.15, 0.2) is 11.6 Å². The molecule has 1 saturated heterocycles. The molecule has 6 N–H and O–H groups in total. The van der Waals surface area contributed by atoms with Crippen molar-refractivity contribution in [1.29, 1.82) is 0 Å². The molecule has 5 atom stereocenters. The van der Waals surface area contributed by atoms with Crippen molar-refractivity contribution < 1.29 is 52.0 Å².